The van der Waals surface area contributed by atoms with Crippen LogP contribution in [0.4, 0.5) is 0 Å². The quantitative estimate of drug-likeness (QED) is 0.832. The maximum absolute atomic E-state index is 6.04. The van der Waals surface area contributed by atoms with Crippen LogP contribution < -0.4 is 15.2 Å². The minimum atomic E-state index is 0.179. The van der Waals surface area contributed by atoms with Gasteiger partial charge >= 0.3 is 0 Å². The molecule has 0 spiro atoms. The van der Waals surface area contributed by atoms with Gasteiger partial charge in [-0.05, 0) is 30.0 Å². The fraction of sp³-hybridized carbons (Fsp3) is 0.538. The first-order valence-electron chi connectivity index (χ1n) is 5.55. The predicted molar refractivity (Wildman–Crippen MR) is 66.1 cm³/mol. The lowest BCUT2D eigenvalue weighted by Gasteiger charge is -2.16. The van der Waals surface area contributed by atoms with Gasteiger partial charge in [-0.25, -0.2) is 0 Å². The molecule has 3 nitrogen and oxygen atoms in total. The van der Waals surface area contributed by atoms with Crippen LogP contribution in [0.15, 0.2) is 18.2 Å². The standard InChI is InChI=1S/C13H21NO2/c1-9(2)11(14)7-10-5-6-12(15-3)13(8-10)16-4/h5-6,8-9,11H,7,14H2,1-4H3. The van der Waals surface area contributed by atoms with Crippen LogP contribution in [0.5, 0.6) is 11.5 Å². The highest BCUT2D eigenvalue weighted by atomic mass is 16.5. The molecule has 0 fully saturated rings. The largest absolute Gasteiger partial charge is 0.493 e. The van der Waals surface area contributed by atoms with Crippen molar-refractivity contribution in [2.24, 2.45) is 11.7 Å². The second-order valence-electron chi connectivity index (χ2n) is 4.30. The van der Waals surface area contributed by atoms with Crippen molar-refractivity contribution in [1.29, 1.82) is 0 Å². The molecule has 0 aliphatic heterocycles. The molecule has 0 bridgehead atoms. The molecule has 1 atom stereocenters. The minimum absolute atomic E-state index is 0.179. The van der Waals surface area contributed by atoms with E-state index in [9.17, 15) is 0 Å². The van der Waals surface area contributed by atoms with E-state index in [2.05, 4.69) is 13.8 Å². The van der Waals surface area contributed by atoms with E-state index in [0.29, 0.717) is 5.92 Å². The molecule has 0 saturated heterocycles. The predicted octanol–water partition coefficient (Wildman–Crippen LogP) is 2.23. The molecule has 0 saturated carbocycles. The summed E-state index contributed by atoms with van der Waals surface area (Å²) in [6.07, 6.45) is 0.859. The number of hydrogen-bond donors (Lipinski definition) is 1. The van der Waals surface area contributed by atoms with Gasteiger partial charge in [0.2, 0.25) is 0 Å². The average Bonchev–Trinajstić information content (AvgIpc) is 2.28. The van der Waals surface area contributed by atoms with Gasteiger partial charge < -0.3 is 15.2 Å². The van der Waals surface area contributed by atoms with Crippen molar-refractivity contribution in [3.63, 3.8) is 0 Å². The third-order valence-electron chi connectivity index (χ3n) is 2.78. The Bertz CT molecular complexity index is 337. The summed E-state index contributed by atoms with van der Waals surface area (Å²) in [7, 11) is 3.28. The van der Waals surface area contributed by atoms with Crippen molar-refractivity contribution < 1.29 is 9.47 Å². The Kier molecular flexibility index (Phi) is 4.62. The molecule has 0 radical (unpaired) electrons. The zero-order valence-corrected chi connectivity index (χ0v) is 10.5. The third kappa shape index (κ3) is 3.14. The highest BCUT2D eigenvalue weighted by Gasteiger charge is 2.10. The van der Waals surface area contributed by atoms with Gasteiger partial charge in [0.15, 0.2) is 11.5 Å². The average molecular weight is 223 g/mol. The molecule has 0 heterocycles. The summed E-state index contributed by atoms with van der Waals surface area (Å²) >= 11 is 0. The van der Waals surface area contributed by atoms with Gasteiger partial charge in [-0.3, -0.25) is 0 Å². The van der Waals surface area contributed by atoms with E-state index < -0.39 is 0 Å². The number of rotatable bonds is 5. The summed E-state index contributed by atoms with van der Waals surface area (Å²) in [5.74, 6) is 1.99. The van der Waals surface area contributed by atoms with Crippen molar-refractivity contribution in [1.82, 2.24) is 0 Å². The second-order valence-corrected chi connectivity index (χ2v) is 4.30. The molecule has 1 rings (SSSR count). The topological polar surface area (TPSA) is 44.5 Å². The van der Waals surface area contributed by atoms with Gasteiger partial charge in [-0.2, -0.15) is 0 Å². The van der Waals surface area contributed by atoms with Gasteiger partial charge in [-0.1, -0.05) is 19.9 Å². The lowest BCUT2D eigenvalue weighted by molar-refractivity contribution is 0.354. The molecule has 1 aromatic rings. The molecular formula is C13H21NO2. The van der Waals surface area contributed by atoms with E-state index in [4.69, 9.17) is 15.2 Å². The minimum Gasteiger partial charge on any atom is -0.493 e. The van der Waals surface area contributed by atoms with Gasteiger partial charge in [0.1, 0.15) is 0 Å². The number of ether oxygens (including phenoxy) is 2. The fourth-order valence-corrected chi connectivity index (χ4v) is 1.52. The van der Waals surface area contributed by atoms with Gasteiger partial charge in [-0.15, -0.1) is 0 Å². The van der Waals surface area contributed by atoms with Gasteiger partial charge in [0.25, 0.3) is 0 Å². The van der Waals surface area contributed by atoms with E-state index >= 15 is 0 Å². The molecule has 3 heteroatoms. The zero-order chi connectivity index (χ0) is 12.1. The monoisotopic (exact) mass is 223 g/mol. The molecule has 0 aliphatic carbocycles. The van der Waals surface area contributed by atoms with Crippen molar-refractivity contribution in [3.8, 4) is 11.5 Å². The Morgan fingerprint density at radius 1 is 1.12 bits per heavy atom. The maximum atomic E-state index is 6.04. The third-order valence-corrected chi connectivity index (χ3v) is 2.78. The Hall–Kier alpha value is -1.22. The normalized spacial score (nSPS) is 12.6. The van der Waals surface area contributed by atoms with E-state index in [1.165, 1.54) is 5.56 Å². The van der Waals surface area contributed by atoms with Crippen LogP contribution in [-0.4, -0.2) is 20.3 Å². The van der Waals surface area contributed by atoms with Crippen LogP contribution in [0.3, 0.4) is 0 Å². The Morgan fingerprint density at radius 2 is 1.75 bits per heavy atom. The molecule has 0 aliphatic rings. The fourth-order valence-electron chi connectivity index (χ4n) is 1.52. The molecule has 0 amide bonds. The molecule has 2 N–H and O–H groups in total. The highest BCUT2D eigenvalue weighted by Crippen LogP contribution is 2.28. The van der Waals surface area contributed by atoms with Crippen LogP contribution >= 0.6 is 0 Å². The van der Waals surface area contributed by atoms with Gasteiger partial charge in [0, 0.05) is 6.04 Å². The Morgan fingerprint density at radius 3 is 2.25 bits per heavy atom. The number of methoxy groups -OCH3 is 2. The first-order valence-corrected chi connectivity index (χ1v) is 5.55. The number of benzene rings is 1. The summed E-state index contributed by atoms with van der Waals surface area (Å²) in [6.45, 7) is 4.26. The molecule has 90 valence electrons. The van der Waals surface area contributed by atoms with Crippen LogP contribution in [0.2, 0.25) is 0 Å². The first-order chi connectivity index (χ1) is 7.58. The summed E-state index contributed by atoms with van der Waals surface area (Å²) in [4.78, 5) is 0. The number of nitrogens with two attached hydrogens (primary N) is 1. The van der Waals surface area contributed by atoms with E-state index in [-0.39, 0.29) is 6.04 Å². The lowest BCUT2D eigenvalue weighted by Crippen LogP contribution is -2.28. The maximum Gasteiger partial charge on any atom is 0.160 e. The van der Waals surface area contributed by atoms with Crippen molar-refractivity contribution in [3.05, 3.63) is 23.8 Å². The molecule has 1 unspecified atom stereocenters. The van der Waals surface area contributed by atoms with Crippen molar-refractivity contribution in [2.45, 2.75) is 26.3 Å². The van der Waals surface area contributed by atoms with E-state index in [0.717, 1.165) is 17.9 Å². The Labute approximate surface area is 97.6 Å². The summed E-state index contributed by atoms with van der Waals surface area (Å²) in [5.41, 5.74) is 7.22. The molecule has 0 aromatic heterocycles. The van der Waals surface area contributed by atoms with Crippen LogP contribution in [-0.2, 0) is 6.42 Å². The summed E-state index contributed by atoms with van der Waals surface area (Å²) in [6, 6.07) is 6.12. The second kappa shape index (κ2) is 5.75. The zero-order valence-electron chi connectivity index (χ0n) is 10.5. The Balaban J connectivity index is 2.82. The van der Waals surface area contributed by atoms with Crippen molar-refractivity contribution in [2.75, 3.05) is 14.2 Å². The SMILES string of the molecule is COc1ccc(CC(N)C(C)C)cc1OC. The summed E-state index contributed by atoms with van der Waals surface area (Å²) < 4.78 is 10.4. The van der Waals surface area contributed by atoms with Gasteiger partial charge in [0.05, 0.1) is 14.2 Å². The van der Waals surface area contributed by atoms with E-state index in [1.807, 2.05) is 18.2 Å². The van der Waals surface area contributed by atoms with Crippen molar-refractivity contribution >= 4 is 0 Å². The lowest BCUT2D eigenvalue weighted by atomic mass is 9.97. The highest BCUT2D eigenvalue weighted by molar-refractivity contribution is 5.43. The smallest absolute Gasteiger partial charge is 0.160 e. The van der Waals surface area contributed by atoms with Crippen LogP contribution in [0.25, 0.3) is 0 Å². The first kappa shape index (κ1) is 12.8. The number of hydrogen-bond acceptors (Lipinski definition) is 3. The summed E-state index contributed by atoms with van der Waals surface area (Å²) in [5, 5.41) is 0. The molecule has 1 aromatic carbocycles. The molecule has 16 heavy (non-hydrogen) atoms. The van der Waals surface area contributed by atoms with Crippen LogP contribution in [0.1, 0.15) is 19.4 Å². The molecular weight excluding hydrogens is 202 g/mol. The van der Waals surface area contributed by atoms with E-state index in [1.54, 1.807) is 14.2 Å². The van der Waals surface area contributed by atoms with Crippen LogP contribution in [0, 0.1) is 5.92 Å².